The summed E-state index contributed by atoms with van der Waals surface area (Å²) < 4.78 is 17.8. The molecule has 3 heterocycles. The third-order valence-electron chi connectivity index (χ3n) is 6.29. The zero-order valence-corrected chi connectivity index (χ0v) is 19.6. The fraction of sp³-hybridized carbons (Fsp3) is 0.417. The Hall–Kier alpha value is -2.88. The SMILES string of the molecule is COc1cccc(C2CC(C(=O)N3CCC(Oc4nc5cc(OC)ccc5s4)CC3)NN2)c1. The van der Waals surface area contributed by atoms with E-state index in [1.807, 2.05) is 41.3 Å². The Labute approximate surface area is 196 Å². The van der Waals surface area contributed by atoms with Crippen LogP contribution in [0.4, 0.5) is 0 Å². The molecule has 2 unspecified atom stereocenters. The number of nitrogens with zero attached hydrogens (tertiary/aromatic N) is 2. The van der Waals surface area contributed by atoms with E-state index < -0.39 is 0 Å². The topological polar surface area (TPSA) is 85.0 Å². The maximum Gasteiger partial charge on any atom is 0.274 e. The number of nitrogens with one attached hydrogen (secondary N) is 2. The van der Waals surface area contributed by atoms with Crippen LogP contribution in [0, 0.1) is 0 Å². The van der Waals surface area contributed by atoms with Gasteiger partial charge in [-0.05, 0) is 36.2 Å². The molecule has 0 saturated carbocycles. The third kappa shape index (κ3) is 4.75. The Morgan fingerprint density at radius 1 is 1.06 bits per heavy atom. The highest BCUT2D eigenvalue weighted by Crippen LogP contribution is 2.32. The van der Waals surface area contributed by atoms with E-state index in [-0.39, 0.29) is 24.1 Å². The quantitative estimate of drug-likeness (QED) is 0.574. The minimum Gasteiger partial charge on any atom is -0.497 e. The second kappa shape index (κ2) is 9.54. The number of hydrogen-bond acceptors (Lipinski definition) is 8. The van der Waals surface area contributed by atoms with Gasteiger partial charge in [-0.15, -0.1) is 0 Å². The first kappa shape index (κ1) is 21.9. The molecule has 33 heavy (non-hydrogen) atoms. The molecule has 2 N–H and O–H groups in total. The number of ether oxygens (including phenoxy) is 3. The van der Waals surface area contributed by atoms with Gasteiger partial charge in [0, 0.05) is 38.0 Å². The average Bonchev–Trinajstić information content (AvgIpc) is 3.50. The number of carbonyl (C=O) groups excluding carboxylic acids is 1. The molecule has 2 aliphatic rings. The van der Waals surface area contributed by atoms with Gasteiger partial charge in [-0.1, -0.05) is 23.5 Å². The molecular weight excluding hydrogens is 440 g/mol. The molecule has 2 saturated heterocycles. The predicted molar refractivity (Wildman–Crippen MR) is 127 cm³/mol. The molecule has 8 nitrogen and oxygen atoms in total. The van der Waals surface area contributed by atoms with Crippen molar-refractivity contribution in [3.63, 3.8) is 0 Å². The number of likely N-dealkylation sites (tertiary alicyclic amines) is 1. The normalized spacial score (nSPS) is 21.3. The van der Waals surface area contributed by atoms with E-state index in [2.05, 4.69) is 21.9 Å². The van der Waals surface area contributed by atoms with Gasteiger partial charge in [0.1, 0.15) is 23.6 Å². The molecule has 2 atom stereocenters. The number of amides is 1. The van der Waals surface area contributed by atoms with E-state index >= 15 is 0 Å². The van der Waals surface area contributed by atoms with E-state index in [4.69, 9.17) is 14.2 Å². The zero-order chi connectivity index (χ0) is 22.8. The summed E-state index contributed by atoms with van der Waals surface area (Å²) in [5, 5.41) is 0.672. The van der Waals surface area contributed by atoms with Crippen molar-refractivity contribution in [2.75, 3.05) is 27.3 Å². The summed E-state index contributed by atoms with van der Waals surface area (Å²) in [7, 11) is 3.31. The van der Waals surface area contributed by atoms with Gasteiger partial charge in [0.15, 0.2) is 0 Å². The summed E-state index contributed by atoms with van der Waals surface area (Å²) in [6, 6.07) is 13.6. The van der Waals surface area contributed by atoms with Gasteiger partial charge in [0.05, 0.1) is 24.4 Å². The zero-order valence-electron chi connectivity index (χ0n) is 18.7. The molecule has 1 aromatic heterocycles. The van der Waals surface area contributed by atoms with E-state index in [9.17, 15) is 4.79 Å². The molecule has 2 aromatic carbocycles. The van der Waals surface area contributed by atoms with Crippen LogP contribution in [0.3, 0.4) is 0 Å². The minimum absolute atomic E-state index is 0.0655. The van der Waals surface area contributed by atoms with Crippen LogP contribution in [0.5, 0.6) is 16.7 Å². The number of benzene rings is 2. The number of rotatable bonds is 6. The van der Waals surface area contributed by atoms with Crippen molar-refractivity contribution in [2.45, 2.75) is 37.5 Å². The maximum absolute atomic E-state index is 13.1. The summed E-state index contributed by atoms with van der Waals surface area (Å²) in [4.78, 5) is 19.6. The lowest BCUT2D eigenvalue weighted by molar-refractivity contribution is -0.135. The van der Waals surface area contributed by atoms with Crippen molar-refractivity contribution < 1.29 is 19.0 Å². The monoisotopic (exact) mass is 468 g/mol. The van der Waals surface area contributed by atoms with Crippen LogP contribution in [0.15, 0.2) is 42.5 Å². The number of thiazole rings is 1. The van der Waals surface area contributed by atoms with Gasteiger partial charge < -0.3 is 19.1 Å². The Morgan fingerprint density at radius 2 is 1.85 bits per heavy atom. The molecule has 0 radical (unpaired) electrons. The second-order valence-electron chi connectivity index (χ2n) is 8.36. The number of fused-ring (bicyclic) bond motifs is 1. The number of carbonyl (C=O) groups is 1. The van der Waals surface area contributed by atoms with Gasteiger partial charge in [0.2, 0.25) is 5.91 Å². The van der Waals surface area contributed by atoms with Crippen molar-refractivity contribution in [2.24, 2.45) is 0 Å². The maximum atomic E-state index is 13.1. The summed E-state index contributed by atoms with van der Waals surface area (Å²) >= 11 is 1.54. The Bertz CT molecular complexity index is 1130. The molecule has 2 aliphatic heterocycles. The first-order valence-electron chi connectivity index (χ1n) is 11.2. The Kier molecular flexibility index (Phi) is 6.34. The standard InChI is InChI=1S/C24H28N4O4S/c1-30-17-5-3-4-15(12-17)19-14-21(27-26-19)23(29)28-10-8-16(9-11-28)32-24-25-20-13-18(31-2)6-7-22(20)33-24/h3-7,12-13,16,19,21,26-27H,8-11,14H2,1-2H3. The van der Waals surface area contributed by atoms with Crippen LogP contribution in [0.2, 0.25) is 0 Å². The summed E-state index contributed by atoms with van der Waals surface area (Å²) in [5.74, 6) is 1.74. The lowest BCUT2D eigenvalue weighted by atomic mass is 10.00. The van der Waals surface area contributed by atoms with Gasteiger partial charge >= 0.3 is 0 Å². The van der Waals surface area contributed by atoms with E-state index in [0.717, 1.165) is 40.1 Å². The third-order valence-corrected chi connectivity index (χ3v) is 7.22. The molecule has 3 aromatic rings. The highest BCUT2D eigenvalue weighted by Gasteiger charge is 2.35. The highest BCUT2D eigenvalue weighted by atomic mass is 32.1. The van der Waals surface area contributed by atoms with Gasteiger partial charge in [-0.2, -0.15) is 0 Å². The van der Waals surface area contributed by atoms with Crippen molar-refractivity contribution in [3.8, 4) is 16.7 Å². The molecular formula is C24H28N4O4S. The Balaban J connectivity index is 1.14. The minimum atomic E-state index is -0.238. The number of hydrogen-bond donors (Lipinski definition) is 2. The lowest BCUT2D eigenvalue weighted by Gasteiger charge is -2.33. The number of piperidine rings is 1. The van der Waals surface area contributed by atoms with Crippen LogP contribution in [0.1, 0.15) is 30.9 Å². The predicted octanol–water partition coefficient (Wildman–Crippen LogP) is 3.29. The molecule has 1 amide bonds. The molecule has 0 spiro atoms. The molecule has 0 bridgehead atoms. The molecule has 174 valence electrons. The van der Waals surface area contributed by atoms with E-state index in [0.29, 0.717) is 24.7 Å². The van der Waals surface area contributed by atoms with Gasteiger partial charge in [-0.25, -0.2) is 15.8 Å². The van der Waals surface area contributed by atoms with Crippen LogP contribution < -0.4 is 25.1 Å². The van der Waals surface area contributed by atoms with Crippen LogP contribution in [-0.4, -0.2) is 55.2 Å². The lowest BCUT2D eigenvalue weighted by Crippen LogP contribution is -2.49. The van der Waals surface area contributed by atoms with Crippen molar-refractivity contribution in [1.82, 2.24) is 20.7 Å². The van der Waals surface area contributed by atoms with E-state index in [1.54, 1.807) is 25.6 Å². The molecule has 5 rings (SSSR count). The van der Waals surface area contributed by atoms with Crippen LogP contribution >= 0.6 is 11.3 Å². The first-order valence-corrected chi connectivity index (χ1v) is 12.0. The smallest absolute Gasteiger partial charge is 0.274 e. The summed E-state index contributed by atoms with van der Waals surface area (Å²) in [5.41, 5.74) is 8.44. The number of hydrazine groups is 1. The molecule has 0 aliphatic carbocycles. The van der Waals surface area contributed by atoms with E-state index in [1.165, 1.54) is 0 Å². The fourth-order valence-electron chi connectivity index (χ4n) is 4.42. The summed E-state index contributed by atoms with van der Waals surface area (Å²) in [6.07, 6.45) is 2.36. The molecule has 2 fully saturated rings. The Morgan fingerprint density at radius 3 is 2.64 bits per heavy atom. The number of aromatic nitrogens is 1. The average molecular weight is 469 g/mol. The fourth-order valence-corrected chi connectivity index (χ4v) is 5.28. The van der Waals surface area contributed by atoms with Gasteiger partial charge in [-0.3, -0.25) is 4.79 Å². The highest BCUT2D eigenvalue weighted by molar-refractivity contribution is 7.20. The van der Waals surface area contributed by atoms with Gasteiger partial charge in [0.25, 0.3) is 5.19 Å². The van der Waals surface area contributed by atoms with Crippen molar-refractivity contribution >= 4 is 27.5 Å². The van der Waals surface area contributed by atoms with Crippen LogP contribution in [0.25, 0.3) is 10.2 Å². The van der Waals surface area contributed by atoms with Crippen LogP contribution in [-0.2, 0) is 4.79 Å². The summed E-state index contributed by atoms with van der Waals surface area (Å²) in [6.45, 7) is 1.37. The first-order chi connectivity index (χ1) is 16.1. The number of methoxy groups -OCH3 is 2. The molecule has 9 heteroatoms. The largest absolute Gasteiger partial charge is 0.497 e. The van der Waals surface area contributed by atoms with Crippen molar-refractivity contribution in [3.05, 3.63) is 48.0 Å². The second-order valence-corrected chi connectivity index (χ2v) is 9.36. The van der Waals surface area contributed by atoms with Crippen molar-refractivity contribution in [1.29, 1.82) is 0 Å².